The van der Waals surface area contributed by atoms with E-state index < -0.39 is 0 Å². The fourth-order valence-corrected chi connectivity index (χ4v) is 2.13. The molecule has 108 valence electrons. The second-order valence-corrected chi connectivity index (χ2v) is 5.43. The molecule has 0 radical (unpaired) electrons. The van der Waals surface area contributed by atoms with Crippen molar-refractivity contribution in [2.75, 3.05) is 5.32 Å². The minimum atomic E-state index is -0.101. The smallest absolute Gasteiger partial charge is 0.254 e. The Morgan fingerprint density at radius 2 is 1.76 bits per heavy atom. The van der Waals surface area contributed by atoms with Gasteiger partial charge in [0, 0.05) is 24.1 Å². The molecule has 1 saturated carbocycles. The van der Waals surface area contributed by atoms with Gasteiger partial charge in [-0.25, -0.2) is 9.97 Å². The van der Waals surface area contributed by atoms with Gasteiger partial charge in [-0.3, -0.25) is 4.79 Å². The molecule has 1 aromatic carbocycles. The summed E-state index contributed by atoms with van der Waals surface area (Å²) in [5.74, 6) is 0.395. The van der Waals surface area contributed by atoms with Crippen LogP contribution in [0.2, 0.25) is 0 Å². The molecular formula is C16H18N4O. The van der Waals surface area contributed by atoms with Gasteiger partial charge in [0.2, 0.25) is 5.95 Å². The summed E-state index contributed by atoms with van der Waals surface area (Å²) in [5, 5.41) is 6.12. The number of anilines is 2. The largest absolute Gasteiger partial charge is 0.349 e. The number of hydrogen-bond acceptors (Lipinski definition) is 4. The Morgan fingerprint density at radius 3 is 2.33 bits per heavy atom. The Kier molecular flexibility index (Phi) is 3.56. The van der Waals surface area contributed by atoms with E-state index in [0.717, 1.165) is 29.7 Å². The van der Waals surface area contributed by atoms with Crippen LogP contribution >= 0.6 is 0 Å². The molecule has 21 heavy (non-hydrogen) atoms. The number of nitrogens with zero attached hydrogens (tertiary/aromatic N) is 2. The van der Waals surface area contributed by atoms with Gasteiger partial charge >= 0.3 is 0 Å². The summed E-state index contributed by atoms with van der Waals surface area (Å²) in [7, 11) is 0. The van der Waals surface area contributed by atoms with Crippen LogP contribution in [0.1, 0.15) is 34.3 Å². The first kappa shape index (κ1) is 13.5. The summed E-state index contributed by atoms with van der Waals surface area (Å²) >= 11 is 0. The van der Waals surface area contributed by atoms with Crippen LogP contribution in [0, 0.1) is 13.8 Å². The average molecular weight is 282 g/mol. The van der Waals surface area contributed by atoms with Gasteiger partial charge in [-0.05, 0) is 37.8 Å². The molecule has 1 fully saturated rings. The van der Waals surface area contributed by atoms with Crippen molar-refractivity contribution in [2.45, 2.75) is 32.7 Å². The molecule has 1 aromatic heterocycles. The number of aryl methyl sites for hydroxylation is 2. The SMILES string of the molecule is Cc1cccc(C)c1Nc1ncc(C(=O)NC2CC2)cn1. The number of hydrogen-bond donors (Lipinski definition) is 2. The summed E-state index contributed by atoms with van der Waals surface area (Å²) in [6.07, 6.45) is 5.25. The molecule has 1 aliphatic rings. The lowest BCUT2D eigenvalue weighted by Crippen LogP contribution is -2.25. The lowest BCUT2D eigenvalue weighted by molar-refractivity contribution is 0.0950. The second-order valence-electron chi connectivity index (χ2n) is 5.43. The molecule has 5 heteroatoms. The molecular weight excluding hydrogens is 264 g/mol. The third kappa shape index (κ3) is 3.18. The van der Waals surface area contributed by atoms with Gasteiger partial charge in [0.1, 0.15) is 0 Å². The van der Waals surface area contributed by atoms with E-state index in [0.29, 0.717) is 17.6 Å². The van der Waals surface area contributed by atoms with E-state index in [1.54, 1.807) is 12.4 Å². The summed E-state index contributed by atoms with van der Waals surface area (Å²) < 4.78 is 0. The molecule has 3 rings (SSSR count). The fraction of sp³-hybridized carbons (Fsp3) is 0.312. The molecule has 5 nitrogen and oxygen atoms in total. The van der Waals surface area contributed by atoms with Gasteiger partial charge in [-0.2, -0.15) is 0 Å². The number of nitrogens with one attached hydrogen (secondary N) is 2. The minimum absolute atomic E-state index is 0.101. The highest BCUT2D eigenvalue weighted by atomic mass is 16.1. The number of benzene rings is 1. The molecule has 1 heterocycles. The number of amides is 1. The van der Waals surface area contributed by atoms with Crippen LogP contribution in [0.25, 0.3) is 0 Å². The van der Waals surface area contributed by atoms with Crippen molar-refractivity contribution in [3.63, 3.8) is 0 Å². The van der Waals surface area contributed by atoms with Crippen molar-refractivity contribution in [1.29, 1.82) is 0 Å². The van der Waals surface area contributed by atoms with E-state index >= 15 is 0 Å². The summed E-state index contributed by atoms with van der Waals surface area (Å²) in [6.45, 7) is 4.07. The van der Waals surface area contributed by atoms with Gasteiger partial charge in [0.15, 0.2) is 0 Å². The first-order chi connectivity index (χ1) is 10.1. The van der Waals surface area contributed by atoms with E-state index in [1.165, 1.54) is 0 Å². The monoisotopic (exact) mass is 282 g/mol. The molecule has 0 bridgehead atoms. The van der Waals surface area contributed by atoms with Crippen LogP contribution in [0.5, 0.6) is 0 Å². The molecule has 2 N–H and O–H groups in total. The number of aromatic nitrogens is 2. The highest BCUT2D eigenvalue weighted by Gasteiger charge is 2.24. The quantitative estimate of drug-likeness (QED) is 0.905. The highest BCUT2D eigenvalue weighted by Crippen LogP contribution is 2.22. The zero-order valence-electron chi connectivity index (χ0n) is 12.2. The molecule has 1 amide bonds. The second kappa shape index (κ2) is 5.52. The van der Waals surface area contributed by atoms with Crippen LogP contribution in [-0.4, -0.2) is 21.9 Å². The number of para-hydroxylation sites is 1. The van der Waals surface area contributed by atoms with E-state index in [-0.39, 0.29) is 5.91 Å². The van der Waals surface area contributed by atoms with Crippen molar-refractivity contribution < 1.29 is 4.79 Å². The maximum atomic E-state index is 11.9. The van der Waals surface area contributed by atoms with E-state index in [1.807, 2.05) is 32.0 Å². The first-order valence-corrected chi connectivity index (χ1v) is 7.09. The van der Waals surface area contributed by atoms with Crippen LogP contribution in [0.4, 0.5) is 11.6 Å². The predicted molar refractivity (Wildman–Crippen MR) is 81.7 cm³/mol. The summed E-state index contributed by atoms with van der Waals surface area (Å²) in [5.41, 5.74) is 3.77. The van der Waals surface area contributed by atoms with Gasteiger partial charge in [0.05, 0.1) is 5.56 Å². The molecule has 2 aromatic rings. The third-order valence-electron chi connectivity index (χ3n) is 3.54. The maximum Gasteiger partial charge on any atom is 0.254 e. The van der Waals surface area contributed by atoms with E-state index in [9.17, 15) is 4.79 Å². The van der Waals surface area contributed by atoms with Crippen molar-refractivity contribution in [1.82, 2.24) is 15.3 Å². The van der Waals surface area contributed by atoms with Crippen LogP contribution in [-0.2, 0) is 0 Å². The molecule has 0 atom stereocenters. The fourth-order valence-electron chi connectivity index (χ4n) is 2.13. The minimum Gasteiger partial charge on any atom is -0.349 e. The van der Waals surface area contributed by atoms with Crippen LogP contribution in [0.3, 0.4) is 0 Å². The topological polar surface area (TPSA) is 66.9 Å². The Labute approximate surface area is 123 Å². The van der Waals surface area contributed by atoms with E-state index in [2.05, 4.69) is 20.6 Å². The number of rotatable bonds is 4. The Morgan fingerprint density at radius 1 is 1.14 bits per heavy atom. The van der Waals surface area contributed by atoms with Crippen LogP contribution < -0.4 is 10.6 Å². The summed E-state index contributed by atoms with van der Waals surface area (Å²) in [4.78, 5) is 20.3. The zero-order valence-corrected chi connectivity index (χ0v) is 12.2. The lowest BCUT2D eigenvalue weighted by atomic mass is 10.1. The Balaban J connectivity index is 1.73. The third-order valence-corrected chi connectivity index (χ3v) is 3.54. The summed E-state index contributed by atoms with van der Waals surface area (Å²) in [6, 6.07) is 6.42. The van der Waals surface area contributed by atoms with Crippen molar-refractivity contribution in [3.05, 3.63) is 47.3 Å². The Bertz CT molecular complexity index is 642. The maximum absolute atomic E-state index is 11.9. The van der Waals surface area contributed by atoms with Crippen LogP contribution in [0.15, 0.2) is 30.6 Å². The first-order valence-electron chi connectivity index (χ1n) is 7.09. The molecule has 0 unspecified atom stereocenters. The van der Waals surface area contributed by atoms with E-state index in [4.69, 9.17) is 0 Å². The lowest BCUT2D eigenvalue weighted by Gasteiger charge is -2.11. The van der Waals surface area contributed by atoms with Crippen molar-refractivity contribution >= 4 is 17.5 Å². The Hall–Kier alpha value is -2.43. The molecule has 0 spiro atoms. The molecule has 0 saturated heterocycles. The molecule has 1 aliphatic carbocycles. The molecule has 0 aliphatic heterocycles. The van der Waals surface area contributed by atoms with Gasteiger partial charge < -0.3 is 10.6 Å². The standard InChI is InChI=1S/C16H18N4O/c1-10-4-3-5-11(2)14(10)20-16-17-8-12(9-18-16)15(21)19-13-6-7-13/h3-5,8-9,13H,6-7H2,1-2H3,(H,19,21)(H,17,18,20). The van der Waals surface area contributed by atoms with Gasteiger partial charge in [-0.15, -0.1) is 0 Å². The normalized spacial score (nSPS) is 13.8. The number of carbonyl (C=O) groups excluding carboxylic acids is 1. The van der Waals surface area contributed by atoms with Gasteiger partial charge in [0.25, 0.3) is 5.91 Å². The van der Waals surface area contributed by atoms with Gasteiger partial charge in [-0.1, -0.05) is 18.2 Å². The highest BCUT2D eigenvalue weighted by molar-refractivity contribution is 5.94. The number of carbonyl (C=O) groups is 1. The van der Waals surface area contributed by atoms with Crippen molar-refractivity contribution in [3.8, 4) is 0 Å². The van der Waals surface area contributed by atoms with Crippen molar-refractivity contribution in [2.24, 2.45) is 0 Å². The average Bonchev–Trinajstić information content (AvgIpc) is 3.28. The predicted octanol–water partition coefficient (Wildman–Crippen LogP) is 2.73. The zero-order chi connectivity index (χ0) is 14.8.